The highest BCUT2D eigenvalue weighted by Gasteiger charge is 2.46. The Hall–Kier alpha value is -2.19. The van der Waals surface area contributed by atoms with Gasteiger partial charge in [0, 0.05) is 24.3 Å². The molecule has 1 aromatic carbocycles. The fraction of sp³-hybridized carbons (Fsp3) is 0.154. The lowest BCUT2D eigenvalue weighted by atomic mass is 10.3. The van der Waals surface area contributed by atoms with Crippen LogP contribution in [0.4, 0.5) is 26.3 Å². The van der Waals surface area contributed by atoms with Crippen molar-refractivity contribution in [3.8, 4) is 5.69 Å². The molecule has 0 atom stereocenters. The molecule has 0 saturated heterocycles. The number of aromatic nitrogens is 1. The molecule has 27 heavy (non-hydrogen) atoms. The van der Waals surface area contributed by atoms with Gasteiger partial charge in [-0.25, -0.2) is 16.8 Å². The zero-order valence-electron chi connectivity index (χ0n) is 12.9. The summed E-state index contributed by atoms with van der Waals surface area (Å²) in [5.41, 5.74) is -11.2. The van der Waals surface area contributed by atoms with E-state index in [-0.39, 0.29) is 0 Å². The van der Waals surface area contributed by atoms with E-state index in [4.69, 9.17) is 0 Å². The Morgan fingerprint density at radius 2 is 1.04 bits per heavy atom. The molecule has 2 aromatic rings. The molecule has 0 aliphatic carbocycles. The third kappa shape index (κ3) is 6.48. The van der Waals surface area contributed by atoms with Crippen LogP contribution in [0.25, 0.3) is 9.81 Å². The minimum absolute atomic E-state index is 0.778. The van der Waals surface area contributed by atoms with Crippen LogP contribution in [0.5, 0.6) is 0 Å². The first-order valence-corrected chi connectivity index (χ1v) is 9.44. The average Bonchev–Trinajstić information content (AvgIpc) is 2.54. The predicted molar refractivity (Wildman–Crippen MR) is 81.3 cm³/mol. The van der Waals surface area contributed by atoms with Gasteiger partial charge in [0.1, 0.15) is 0 Å². The maximum atomic E-state index is 11.4. The van der Waals surface area contributed by atoms with Crippen molar-refractivity contribution in [1.82, 2.24) is 0 Å². The van der Waals surface area contributed by atoms with E-state index in [0.29, 0.717) is 0 Å². The smallest absolute Gasteiger partial charge is 0.421 e. The van der Waals surface area contributed by atoms with Gasteiger partial charge in [0.05, 0.1) is 0 Å². The van der Waals surface area contributed by atoms with Crippen LogP contribution < -0.4 is 4.57 Å². The Balaban J connectivity index is 0.000000274. The molecule has 0 spiro atoms. The summed E-state index contributed by atoms with van der Waals surface area (Å²) >= 11 is 0. The van der Waals surface area contributed by atoms with Gasteiger partial charge in [0.15, 0.2) is 32.4 Å². The first kappa shape index (κ1) is 22.9. The van der Waals surface area contributed by atoms with Gasteiger partial charge in [-0.2, -0.15) is 30.9 Å². The van der Waals surface area contributed by atoms with Gasteiger partial charge >= 0.3 is 11.0 Å². The second-order valence-electron chi connectivity index (χ2n) is 4.53. The van der Waals surface area contributed by atoms with Crippen LogP contribution in [0.15, 0.2) is 60.9 Å². The van der Waals surface area contributed by atoms with Crippen molar-refractivity contribution >= 4 is 20.0 Å². The predicted octanol–water partition coefficient (Wildman–Crippen LogP) is 3.02. The molecule has 14 heteroatoms. The molecule has 0 fully saturated rings. The van der Waals surface area contributed by atoms with E-state index in [0.717, 1.165) is 4.13 Å². The zero-order valence-corrected chi connectivity index (χ0v) is 14.5. The topological polar surface area (TPSA) is 86.3 Å². The molecule has 0 radical (unpaired) electrons. The Kier molecular flexibility index (Phi) is 6.96. The second kappa shape index (κ2) is 8.22. The highest BCUT2D eigenvalue weighted by molar-refractivity contribution is 8.13. The van der Waals surface area contributed by atoms with Crippen molar-refractivity contribution in [2.24, 2.45) is 0 Å². The molecule has 0 saturated carbocycles. The number of hydrogen-bond acceptors (Lipinski definition) is 4. The number of alkyl halides is 6. The van der Waals surface area contributed by atoms with E-state index in [1.54, 1.807) is 0 Å². The van der Waals surface area contributed by atoms with E-state index in [1.165, 1.54) is 5.69 Å². The van der Waals surface area contributed by atoms with Gasteiger partial charge < -0.3 is 4.13 Å². The molecule has 6 nitrogen and oxygen atoms in total. The summed E-state index contributed by atoms with van der Waals surface area (Å²) in [5.74, 6) is 0. The molecule has 1 aromatic heterocycles. The molecule has 150 valence electrons. The van der Waals surface area contributed by atoms with E-state index in [9.17, 15) is 43.2 Å². The number of pyridine rings is 1. The van der Waals surface area contributed by atoms with Crippen LogP contribution in [-0.4, -0.2) is 27.9 Å². The fourth-order valence-electron chi connectivity index (χ4n) is 1.38. The van der Waals surface area contributed by atoms with Crippen molar-refractivity contribution in [3.63, 3.8) is 0 Å². The van der Waals surface area contributed by atoms with Gasteiger partial charge in [0.25, 0.3) is 0 Å². The van der Waals surface area contributed by atoms with Gasteiger partial charge in [-0.05, 0) is 0 Å². The summed E-state index contributed by atoms with van der Waals surface area (Å²) in [6.07, 6.45) is 4.07. The Labute approximate surface area is 150 Å². The molecular formula is C13H10F6N2O4S2. The SMILES string of the molecule is O=S(=O)([N-]S(=O)(=O)C(F)(F)F)C(F)(F)F.c1ccc(-[n+]2ccccc2)cc1. The highest BCUT2D eigenvalue weighted by atomic mass is 32.3. The third-order valence-electron chi connectivity index (χ3n) is 2.55. The average molecular weight is 436 g/mol. The summed E-state index contributed by atoms with van der Waals surface area (Å²) in [6.45, 7) is 0. The van der Waals surface area contributed by atoms with Crippen LogP contribution in [0.2, 0.25) is 0 Å². The lowest BCUT2D eigenvalue weighted by Gasteiger charge is -2.22. The molecule has 0 aliphatic rings. The van der Waals surface area contributed by atoms with Gasteiger partial charge in [-0.1, -0.05) is 24.3 Å². The standard InChI is InChI=1S/C11H10N.C2F6NO4S2/c1-3-7-11(8-4-1)12-9-5-2-6-10-12;3-1(4,5)14(10,11)9-15(12,13)2(6,7)8/h1-10H;/q+1;-1. The lowest BCUT2D eigenvalue weighted by molar-refractivity contribution is -0.595. The monoisotopic (exact) mass is 436 g/mol. The molecule has 1 heterocycles. The first-order valence-electron chi connectivity index (χ1n) is 6.56. The Bertz CT molecular complexity index is 864. The van der Waals surface area contributed by atoms with Crippen LogP contribution in [0.3, 0.4) is 0 Å². The van der Waals surface area contributed by atoms with Crippen LogP contribution in [0.1, 0.15) is 0 Å². The van der Waals surface area contributed by atoms with E-state index in [2.05, 4.69) is 16.7 Å². The number of halogens is 6. The molecule has 0 aliphatic heterocycles. The maximum Gasteiger partial charge on any atom is 0.480 e. The van der Waals surface area contributed by atoms with E-state index >= 15 is 0 Å². The first-order chi connectivity index (χ1) is 12.2. The molecular weight excluding hydrogens is 426 g/mol. The Morgan fingerprint density at radius 3 is 1.41 bits per heavy atom. The summed E-state index contributed by atoms with van der Waals surface area (Å²) in [7, 11) is -13.4. The minimum atomic E-state index is -6.72. The van der Waals surface area contributed by atoms with E-state index < -0.39 is 31.1 Å². The summed E-state index contributed by atoms with van der Waals surface area (Å²) in [6, 6.07) is 16.3. The Morgan fingerprint density at radius 1 is 0.667 bits per heavy atom. The summed E-state index contributed by atoms with van der Waals surface area (Å²) in [4.78, 5) is 0. The highest BCUT2D eigenvalue weighted by Crippen LogP contribution is 2.36. The number of hydrogen-bond donors (Lipinski definition) is 0. The van der Waals surface area contributed by atoms with Crippen LogP contribution in [0, 0.1) is 0 Å². The lowest BCUT2D eigenvalue weighted by Crippen LogP contribution is -2.30. The van der Waals surface area contributed by atoms with Gasteiger partial charge in [-0.3, -0.25) is 0 Å². The number of benzene rings is 1. The van der Waals surface area contributed by atoms with Gasteiger partial charge in [-0.15, -0.1) is 0 Å². The molecule has 0 amide bonds. The van der Waals surface area contributed by atoms with E-state index in [1.807, 2.05) is 48.8 Å². The van der Waals surface area contributed by atoms with Crippen molar-refractivity contribution in [1.29, 1.82) is 0 Å². The molecule has 0 N–H and O–H groups in total. The number of para-hydroxylation sites is 1. The molecule has 0 unspecified atom stereocenters. The number of nitrogens with zero attached hydrogens (tertiary/aromatic N) is 2. The molecule has 2 rings (SSSR count). The number of sulfonamides is 2. The summed E-state index contributed by atoms with van der Waals surface area (Å²) < 4.78 is 111. The maximum absolute atomic E-state index is 11.4. The largest absolute Gasteiger partial charge is 0.480 e. The summed E-state index contributed by atoms with van der Waals surface area (Å²) in [5, 5.41) is 0. The minimum Gasteiger partial charge on any atom is -0.421 e. The third-order valence-corrected chi connectivity index (χ3v) is 5.29. The van der Waals surface area contributed by atoms with Gasteiger partial charge in [0.2, 0.25) is 5.69 Å². The zero-order chi connectivity index (χ0) is 20.9. The van der Waals surface area contributed by atoms with Crippen LogP contribution in [-0.2, 0) is 20.0 Å². The van der Waals surface area contributed by atoms with Crippen molar-refractivity contribution < 1.29 is 47.7 Å². The number of rotatable bonds is 3. The second-order valence-corrected chi connectivity index (χ2v) is 7.96. The van der Waals surface area contributed by atoms with Crippen molar-refractivity contribution in [3.05, 3.63) is 65.1 Å². The quantitative estimate of drug-likeness (QED) is 0.547. The van der Waals surface area contributed by atoms with Crippen molar-refractivity contribution in [2.45, 2.75) is 11.0 Å². The van der Waals surface area contributed by atoms with Crippen LogP contribution >= 0.6 is 0 Å². The molecule has 0 bridgehead atoms. The fourth-order valence-corrected chi connectivity index (χ4v) is 3.09. The normalized spacial score (nSPS) is 12.8. The van der Waals surface area contributed by atoms with Crippen molar-refractivity contribution in [2.75, 3.05) is 0 Å².